The number of carbonyl (C=O) groups is 1. The normalized spacial score (nSPS) is 19.3. The maximum Gasteiger partial charge on any atom is 0.323 e. The van der Waals surface area contributed by atoms with E-state index >= 15 is 0 Å². The van der Waals surface area contributed by atoms with Gasteiger partial charge in [-0.25, -0.2) is 0 Å². The third-order valence-electron chi connectivity index (χ3n) is 3.82. The Bertz CT molecular complexity index is 440. The van der Waals surface area contributed by atoms with Gasteiger partial charge in [-0.3, -0.25) is 10.1 Å². The molecular weight excluding hydrogens is 306 g/mol. The molecule has 1 aromatic rings. The van der Waals surface area contributed by atoms with E-state index in [0.29, 0.717) is 12.5 Å². The van der Waals surface area contributed by atoms with E-state index in [4.69, 9.17) is 0 Å². The second-order valence-corrected chi connectivity index (χ2v) is 6.48. The van der Waals surface area contributed by atoms with Crippen LogP contribution in [0, 0.1) is 0 Å². The van der Waals surface area contributed by atoms with Crippen LogP contribution in [0.5, 0.6) is 0 Å². The average Bonchev–Trinajstić information content (AvgIpc) is 2.84. The van der Waals surface area contributed by atoms with Gasteiger partial charge in [0.15, 0.2) is 0 Å². The van der Waals surface area contributed by atoms with Crippen LogP contribution in [-0.4, -0.2) is 22.7 Å². The lowest BCUT2D eigenvalue weighted by Crippen LogP contribution is -2.54. The van der Waals surface area contributed by atoms with E-state index in [1.807, 2.05) is 24.3 Å². The number of aliphatic carboxylic acids is 1. The van der Waals surface area contributed by atoms with Crippen molar-refractivity contribution in [1.29, 1.82) is 0 Å². The number of benzene rings is 1. The number of carboxylic acids is 1. The fourth-order valence-electron chi connectivity index (χ4n) is 2.72. The Balaban J connectivity index is 2.09. The molecule has 1 atom stereocenters. The molecule has 2 N–H and O–H groups in total. The van der Waals surface area contributed by atoms with Gasteiger partial charge in [-0.1, -0.05) is 40.9 Å². The first-order chi connectivity index (χ1) is 8.99. The van der Waals surface area contributed by atoms with Crippen molar-refractivity contribution in [3.8, 4) is 0 Å². The molecule has 19 heavy (non-hydrogen) atoms. The van der Waals surface area contributed by atoms with Gasteiger partial charge >= 0.3 is 5.97 Å². The van der Waals surface area contributed by atoms with E-state index < -0.39 is 11.5 Å². The number of hydrogen-bond donors (Lipinski definition) is 2. The van der Waals surface area contributed by atoms with Crippen LogP contribution < -0.4 is 5.32 Å². The highest BCUT2D eigenvalue weighted by atomic mass is 79.9. The Kier molecular flexibility index (Phi) is 4.63. The summed E-state index contributed by atoms with van der Waals surface area (Å²) in [5.41, 5.74) is 0.154. The molecule has 1 unspecified atom stereocenters. The lowest BCUT2D eigenvalue weighted by molar-refractivity contribution is -0.144. The van der Waals surface area contributed by atoms with Crippen LogP contribution in [0.15, 0.2) is 28.7 Å². The number of nitrogens with one attached hydrogen (secondary N) is 1. The lowest BCUT2D eigenvalue weighted by atomic mass is 9.91. The van der Waals surface area contributed by atoms with Gasteiger partial charge in [0.05, 0.1) is 0 Å². The van der Waals surface area contributed by atoms with E-state index in [9.17, 15) is 9.90 Å². The van der Waals surface area contributed by atoms with Crippen LogP contribution in [0.1, 0.15) is 38.2 Å². The van der Waals surface area contributed by atoms with Gasteiger partial charge in [-0.15, -0.1) is 0 Å². The van der Waals surface area contributed by atoms with Gasteiger partial charge in [-0.2, -0.15) is 0 Å². The van der Waals surface area contributed by atoms with Crippen LogP contribution in [0.4, 0.5) is 0 Å². The number of rotatable bonds is 5. The predicted molar refractivity (Wildman–Crippen MR) is 79.3 cm³/mol. The smallest absolute Gasteiger partial charge is 0.323 e. The van der Waals surface area contributed by atoms with Crippen LogP contribution in [0.3, 0.4) is 0 Å². The first kappa shape index (κ1) is 14.5. The second-order valence-electron chi connectivity index (χ2n) is 5.57. The Morgan fingerprint density at radius 2 is 1.95 bits per heavy atom. The van der Waals surface area contributed by atoms with Crippen molar-refractivity contribution in [2.24, 2.45) is 0 Å². The Labute approximate surface area is 122 Å². The van der Waals surface area contributed by atoms with Crippen molar-refractivity contribution in [1.82, 2.24) is 5.32 Å². The SMILES string of the molecule is CC(Cc1ccc(Br)cc1)(NC1CCCC1)C(=O)O. The number of halogens is 1. The fourth-order valence-corrected chi connectivity index (χ4v) is 2.98. The fraction of sp³-hybridized carbons (Fsp3) is 0.533. The number of carboxylic acid groups (broad SMARTS) is 1. The molecule has 0 heterocycles. The monoisotopic (exact) mass is 325 g/mol. The van der Waals surface area contributed by atoms with Crippen molar-refractivity contribution < 1.29 is 9.90 Å². The predicted octanol–water partition coefficient (Wildman–Crippen LogP) is 3.37. The van der Waals surface area contributed by atoms with Gasteiger partial charge in [0.25, 0.3) is 0 Å². The van der Waals surface area contributed by atoms with Crippen molar-refractivity contribution >= 4 is 21.9 Å². The molecule has 104 valence electrons. The van der Waals surface area contributed by atoms with Gasteiger partial charge in [0.2, 0.25) is 0 Å². The highest BCUT2D eigenvalue weighted by Gasteiger charge is 2.35. The summed E-state index contributed by atoms with van der Waals surface area (Å²) in [6.45, 7) is 1.79. The maximum atomic E-state index is 11.6. The summed E-state index contributed by atoms with van der Waals surface area (Å²) in [6.07, 6.45) is 5.08. The molecule has 0 bridgehead atoms. The first-order valence-corrected chi connectivity index (χ1v) is 7.54. The summed E-state index contributed by atoms with van der Waals surface area (Å²) in [6, 6.07) is 8.19. The van der Waals surface area contributed by atoms with E-state index in [2.05, 4.69) is 21.2 Å². The summed E-state index contributed by atoms with van der Waals surface area (Å²) in [5.74, 6) is -0.776. The van der Waals surface area contributed by atoms with E-state index in [0.717, 1.165) is 22.9 Å². The molecule has 1 aromatic carbocycles. The minimum absolute atomic E-state index is 0.344. The maximum absolute atomic E-state index is 11.6. The van der Waals surface area contributed by atoms with Gasteiger partial charge in [-0.05, 0) is 37.5 Å². The molecule has 4 heteroatoms. The summed E-state index contributed by atoms with van der Waals surface area (Å²) in [4.78, 5) is 11.6. The molecule has 0 aliphatic heterocycles. The first-order valence-electron chi connectivity index (χ1n) is 6.75. The number of hydrogen-bond acceptors (Lipinski definition) is 2. The molecule has 0 radical (unpaired) electrons. The molecule has 0 amide bonds. The Hall–Kier alpha value is -0.870. The molecule has 1 aliphatic rings. The summed E-state index contributed by atoms with van der Waals surface area (Å²) < 4.78 is 1.01. The summed E-state index contributed by atoms with van der Waals surface area (Å²) in [7, 11) is 0. The van der Waals surface area contributed by atoms with Gasteiger partial charge in [0, 0.05) is 16.9 Å². The zero-order valence-electron chi connectivity index (χ0n) is 11.2. The Morgan fingerprint density at radius 1 is 1.37 bits per heavy atom. The van der Waals surface area contributed by atoms with Gasteiger partial charge in [0.1, 0.15) is 5.54 Å². The molecule has 0 saturated heterocycles. The highest BCUT2D eigenvalue weighted by molar-refractivity contribution is 9.10. The zero-order chi connectivity index (χ0) is 13.9. The van der Waals surface area contributed by atoms with Crippen LogP contribution in [0.25, 0.3) is 0 Å². The third kappa shape index (κ3) is 3.80. The van der Waals surface area contributed by atoms with Crippen LogP contribution >= 0.6 is 15.9 Å². The van der Waals surface area contributed by atoms with E-state index in [-0.39, 0.29) is 0 Å². The van der Waals surface area contributed by atoms with E-state index in [1.165, 1.54) is 12.8 Å². The average molecular weight is 326 g/mol. The summed E-state index contributed by atoms with van der Waals surface area (Å²) >= 11 is 3.39. The molecule has 0 spiro atoms. The lowest BCUT2D eigenvalue weighted by Gasteiger charge is -2.30. The van der Waals surface area contributed by atoms with Crippen molar-refractivity contribution in [2.45, 2.75) is 50.6 Å². The molecule has 2 rings (SSSR count). The van der Waals surface area contributed by atoms with Crippen molar-refractivity contribution in [3.63, 3.8) is 0 Å². The molecular formula is C15H20BrNO2. The largest absolute Gasteiger partial charge is 0.480 e. The minimum Gasteiger partial charge on any atom is -0.480 e. The van der Waals surface area contributed by atoms with Crippen molar-refractivity contribution in [3.05, 3.63) is 34.3 Å². The molecule has 1 fully saturated rings. The highest BCUT2D eigenvalue weighted by Crippen LogP contribution is 2.23. The Morgan fingerprint density at radius 3 is 2.47 bits per heavy atom. The third-order valence-corrected chi connectivity index (χ3v) is 4.35. The zero-order valence-corrected chi connectivity index (χ0v) is 12.7. The van der Waals surface area contributed by atoms with Crippen LogP contribution in [0.2, 0.25) is 0 Å². The molecule has 1 aliphatic carbocycles. The van der Waals surface area contributed by atoms with Gasteiger partial charge < -0.3 is 5.11 Å². The quantitative estimate of drug-likeness (QED) is 0.872. The molecule has 1 saturated carbocycles. The topological polar surface area (TPSA) is 49.3 Å². The molecule has 0 aromatic heterocycles. The second kappa shape index (κ2) is 6.06. The standard InChI is InChI=1S/C15H20BrNO2/c1-15(14(18)19,17-13-4-2-3-5-13)10-11-6-8-12(16)9-7-11/h6-9,13,17H,2-5,10H2,1H3,(H,18,19). The summed E-state index contributed by atoms with van der Waals surface area (Å²) in [5, 5.41) is 12.9. The van der Waals surface area contributed by atoms with E-state index in [1.54, 1.807) is 6.92 Å². The minimum atomic E-state index is -0.886. The van der Waals surface area contributed by atoms with Crippen molar-refractivity contribution in [2.75, 3.05) is 0 Å². The molecule has 3 nitrogen and oxygen atoms in total. The van der Waals surface area contributed by atoms with Crippen LogP contribution in [-0.2, 0) is 11.2 Å².